The predicted molar refractivity (Wildman–Crippen MR) is 91.2 cm³/mol. The number of nitro benzene ring substituents is 2. The lowest BCUT2D eigenvalue weighted by atomic mass is 9.98. The molecule has 0 aromatic heterocycles. The Bertz CT molecular complexity index is 879. The molecule has 26 heavy (non-hydrogen) atoms. The third-order valence-electron chi connectivity index (χ3n) is 4.28. The van der Waals surface area contributed by atoms with E-state index in [1.54, 1.807) is 7.11 Å². The van der Waals surface area contributed by atoms with E-state index in [4.69, 9.17) is 4.74 Å². The summed E-state index contributed by atoms with van der Waals surface area (Å²) in [7, 11) is 1.55. The molecule has 2 aromatic carbocycles. The van der Waals surface area contributed by atoms with Gasteiger partial charge in [-0.2, -0.15) is 0 Å². The standard InChI is InChI=1S/C17H15N3O6/c1-26-16-3-2-11-4-5-18(10-13(11)8-16)17(21)12-6-14(19(22)23)9-15(7-12)20(24)25/h2-3,6-9H,4-5,10H2,1H3. The maximum Gasteiger partial charge on any atom is 0.277 e. The van der Waals surface area contributed by atoms with E-state index in [-0.39, 0.29) is 5.56 Å². The van der Waals surface area contributed by atoms with Crippen LogP contribution in [0.2, 0.25) is 0 Å². The molecule has 0 fully saturated rings. The highest BCUT2D eigenvalue weighted by Gasteiger charge is 2.26. The van der Waals surface area contributed by atoms with E-state index >= 15 is 0 Å². The molecule has 1 heterocycles. The Kier molecular flexibility index (Phi) is 4.53. The lowest BCUT2D eigenvalue weighted by Crippen LogP contribution is -2.36. The van der Waals surface area contributed by atoms with E-state index in [0.29, 0.717) is 25.3 Å². The van der Waals surface area contributed by atoms with E-state index < -0.39 is 27.1 Å². The van der Waals surface area contributed by atoms with Crippen LogP contribution in [0.5, 0.6) is 5.75 Å². The minimum absolute atomic E-state index is 0.0720. The molecule has 1 aliphatic heterocycles. The predicted octanol–water partition coefficient (Wildman–Crippen LogP) is 2.71. The number of methoxy groups -OCH3 is 1. The second-order valence-corrected chi connectivity index (χ2v) is 5.86. The molecule has 0 bridgehead atoms. The lowest BCUT2D eigenvalue weighted by molar-refractivity contribution is -0.394. The van der Waals surface area contributed by atoms with Crippen molar-refractivity contribution in [1.29, 1.82) is 0 Å². The van der Waals surface area contributed by atoms with Crippen LogP contribution in [-0.4, -0.2) is 34.3 Å². The average Bonchev–Trinajstić information content (AvgIpc) is 2.65. The second-order valence-electron chi connectivity index (χ2n) is 5.86. The summed E-state index contributed by atoms with van der Waals surface area (Å²) in [6.07, 6.45) is 0.627. The van der Waals surface area contributed by atoms with Crippen molar-refractivity contribution in [2.75, 3.05) is 13.7 Å². The third-order valence-corrected chi connectivity index (χ3v) is 4.28. The molecule has 1 aliphatic rings. The molecule has 1 amide bonds. The lowest BCUT2D eigenvalue weighted by Gasteiger charge is -2.29. The minimum atomic E-state index is -0.750. The smallest absolute Gasteiger partial charge is 0.277 e. The zero-order valence-corrected chi connectivity index (χ0v) is 13.9. The minimum Gasteiger partial charge on any atom is -0.497 e. The monoisotopic (exact) mass is 357 g/mol. The first-order valence-corrected chi connectivity index (χ1v) is 7.78. The molecule has 0 saturated carbocycles. The van der Waals surface area contributed by atoms with E-state index in [9.17, 15) is 25.0 Å². The van der Waals surface area contributed by atoms with Crippen molar-refractivity contribution in [2.45, 2.75) is 13.0 Å². The Labute approximate surface area is 148 Å². The average molecular weight is 357 g/mol. The molecule has 0 aliphatic carbocycles. The SMILES string of the molecule is COc1ccc2c(c1)CN(C(=O)c1cc([N+](=O)[O-])cc([N+](=O)[O-])c1)CC2. The zero-order chi connectivity index (χ0) is 18.8. The van der Waals surface area contributed by atoms with Crippen molar-refractivity contribution in [1.82, 2.24) is 4.90 Å². The van der Waals surface area contributed by atoms with Crippen LogP contribution in [0.4, 0.5) is 11.4 Å². The number of nitro groups is 2. The number of amides is 1. The molecule has 3 rings (SSSR count). The molecular weight excluding hydrogens is 342 g/mol. The van der Waals surface area contributed by atoms with Crippen LogP contribution in [0.3, 0.4) is 0 Å². The first kappa shape index (κ1) is 17.3. The van der Waals surface area contributed by atoms with Crippen LogP contribution in [0.15, 0.2) is 36.4 Å². The number of carbonyl (C=O) groups is 1. The summed E-state index contributed by atoms with van der Waals surface area (Å²) in [5, 5.41) is 22.0. The van der Waals surface area contributed by atoms with Crippen LogP contribution in [-0.2, 0) is 13.0 Å². The van der Waals surface area contributed by atoms with Crippen LogP contribution < -0.4 is 4.74 Å². The molecule has 0 N–H and O–H groups in total. The van der Waals surface area contributed by atoms with Crippen LogP contribution in [0, 0.1) is 20.2 Å². The normalized spacial score (nSPS) is 13.0. The van der Waals surface area contributed by atoms with Crippen molar-refractivity contribution >= 4 is 17.3 Å². The van der Waals surface area contributed by atoms with Crippen molar-refractivity contribution in [3.63, 3.8) is 0 Å². The highest BCUT2D eigenvalue weighted by atomic mass is 16.6. The number of hydrogen-bond donors (Lipinski definition) is 0. The van der Waals surface area contributed by atoms with Gasteiger partial charge in [-0.05, 0) is 29.7 Å². The largest absolute Gasteiger partial charge is 0.497 e. The summed E-state index contributed by atoms with van der Waals surface area (Å²) >= 11 is 0. The van der Waals surface area contributed by atoms with E-state index in [1.807, 2.05) is 18.2 Å². The van der Waals surface area contributed by atoms with Crippen LogP contribution in [0.25, 0.3) is 0 Å². The number of benzene rings is 2. The number of rotatable bonds is 4. The fraction of sp³-hybridized carbons (Fsp3) is 0.235. The van der Waals surface area contributed by atoms with Crippen molar-refractivity contribution in [2.24, 2.45) is 0 Å². The molecule has 0 radical (unpaired) electrons. The maximum absolute atomic E-state index is 12.8. The van der Waals surface area contributed by atoms with Gasteiger partial charge in [-0.15, -0.1) is 0 Å². The molecule has 2 aromatic rings. The number of hydrogen-bond acceptors (Lipinski definition) is 6. The van der Waals surface area contributed by atoms with Crippen LogP contribution in [0.1, 0.15) is 21.5 Å². The van der Waals surface area contributed by atoms with E-state index in [0.717, 1.165) is 29.3 Å². The van der Waals surface area contributed by atoms with Crippen molar-refractivity contribution in [3.8, 4) is 5.75 Å². The molecular formula is C17H15N3O6. The number of fused-ring (bicyclic) bond motifs is 1. The Balaban J connectivity index is 1.92. The highest BCUT2D eigenvalue weighted by molar-refractivity contribution is 5.95. The van der Waals surface area contributed by atoms with Gasteiger partial charge in [0.15, 0.2) is 0 Å². The van der Waals surface area contributed by atoms with Gasteiger partial charge in [-0.3, -0.25) is 25.0 Å². The van der Waals surface area contributed by atoms with Crippen LogP contribution >= 0.6 is 0 Å². The summed E-state index contributed by atoms with van der Waals surface area (Å²) < 4.78 is 5.19. The first-order chi connectivity index (χ1) is 12.4. The Hall–Kier alpha value is -3.49. The number of non-ortho nitro benzene ring substituents is 2. The zero-order valence-electron chi connectivity index (χ0n) is 13.9. The third kappa shape index (κ3) is 3.32. The topological polar surface area (TPSA) is 116 Å². The molecule has 9 heteroatoms. The Morgan fingerprint density at radius 2 is 1.69 bits per heavy atom. The van der Waals surface area contributed by atoms with E-state index in [1.165, 1.54) is 4.90 Å². The fourth-order valence-corrected chi connectivity index (χ4v) is 2.95. The summed E-state index contributed by atoms with van der Waals surface area (Å²) in [6.45, 7) is 0.733. The van der Waals surface area contributed by atoms with Crippen molar-refractivity contribution in [3.05, 3.63) is 73.3 Å². The summed E-state index contributed by atoms with van der Waals surface area (Å²) in [6, 6.07) is 8.60. The van der Waals surface area contributed by atoms with Gasteiger partial charge in [-0.1, -0.05) is 6.07 Å². The summed E-state index contributed by atoms with van der Waals surface area (Å²) in [5.41, 5.74) is 0.976. The van der Waals surface area contributed by atoms with Gasteiger partial charge in [0.05, 0.1) is 28.6 Å². The molecule has 0 unspecified atom stereocenters. The quantitative estimate of drug-likeness (QED) is 0.613. The first-order valence-electron chi connectivity index (χ1n) is 7.78. The fourth-order valence-electron chi connectivity index (χ4n) is 2.95. The summed E-state index contributed by atoms with van der Waals surface area (Å²) in [5.74, 6) is 0.189. The number of ether oxygens (including phenoxy) is 1. The highest BCUT2D eigenvalue weighted by Crippen LogP contribution is 2.27. The maximum atomic E-state index is 12.8. The number of nitrogens with zero attached hydrogens (tertiary/aromatic N) is 3. The van der Waals surface area contributed by atoms with Gasteiger partial charge in [0.2, 0.25) is 0 Å². The molecule has 0 saturated heterocycles. The van der Waals surface area contributed by atoms with Gasteiger partial charge < -0.3 is 9.64 Å². The molecule has 0 atom stereocenters. The molecule has 9 nitrogen and oxygen atoms in total. The number of carbonyl (C=O) groups excluding carboxylic acids is 1. The molecule has 134 valence electrons. The summed E-state index contributed by atoms with van der Waals surface area (Å²) in [4.78, 5) is 34.8. The Morgan fingerprint density at radius 1 is 1.04 bits per heavy atom. The van der Waals surface area contributed by atoms with Crippen molar-refractivity contribution < 1.29 is 19.4 Å². The molecule has 0 spiro atoms. The van der Waals surface area contributed by atoms with Gasteiger partial charge >= 0.3 is 0 Å². The second kappa shape index (κ2) is 6.79. The Morgan fingerprint density at radius 3 is 2.27 bits per heavy atom. The van der Waals surface area contributed by atoms with Gasteiger partial charge in [0.25, 0.3) is 17.3 Å². The van der Waals surface area contributed by atoms with Gasteiger partial charge in [0.1, 0.15) is 5.75 Å². The van der Waals surface area contributed by atoms with Gasteiger partial charge in [-0.25, -0.2) is 0 Å². The van der Waals surface area contributed by atoms with Gasteiger partial charge in [0, 0.05) is 25.2 Å². The van der Waals surface area contributed by atoms with E-state index in [2.05, 4.69) is 0 Å².